The van der Waals surface area contributed by atoms with Crippen LogP contribution in [-0.2, 0) is 0 Å². The van der Waals surface area contributed by atoms with Crippen LogP contribution in [0.4, 0.5) is 11.5 Å². The van der Waals surface area contributed by atoms with Crippen LogP contribution in [0.2, 0.25) is 0 Å². The molecule has 0 aromatic carbocycles. The normalized spacial score (nSPS) is 14.8. The summed E-state index contributed by atoms with van der Waals surface area (Å²) in [6, 6.07) is 9.38. The minimum atomic E-state index is 0.0580. The Morgan fingerprint density at radius 1 is 1.12 bits per heavy atom. The summed E-state index contributed by atoms with van der Waals surface area (Å²) in [6.07, 6.45) is 7.99. The molecule has 1 fully saturated rings. The molecule has 0 aliphatic heterocycles. The second-order valence-electron chi connectivity index (χ2n) is 6.32. The topological polar surface area (TPSA) is 69.0 Å². The van der Waals surface area contributed by atoms with E-state index < -0.39 is 0 Å². The van der Waals surface area contributed by atoms with Crippen molar-refractivity contribution in [1.82, 2.24) is 14.5 Å². The highest BCUT2D eigenvalue weighted by Gasteiger charge is 2.19. The molecule has 1 aliphatic rings. The standard InChI is InChI=1S/C19H20N4O2/c1-25-18-8-7-14(12-21-18)22-17-10-16-13(11-20-17)6-9-19(24)23(16)15-4-2-3-5-15/h6-12,15H,2-5H2,1H3,(H,20,22). The van der Waals surface area contributed by atoms with Crippen LogP contribution >= 0.6 is 0 Å². The van der Waals surface area contributed by atoms with Gasteiger partial charge in [0.15, 0.2) is 0 Å². The molecule has 6 nitrogen and oxygen atoms in total. The van der Waals surface area contributed by atoms with Crippen LogP contribution in [0.15, 0.2) is 47.5 Å². The van der Waals surface area contributed by atoms with Gasteiger partial charge in [-0.3, -0.25) is 4.79 Å². The van der Waals surface area contributed by atoms with E-state index in [4.69, 9.17) is 4.74 Å². The molecule has 1 N–H and O–H groups in total. The third-order valence-electron chi connectivity index (χ3n) is 4.72. The van der Waals surface area contributed by atoms with E-state index >= 15 is 0 Å². The molecule has 25 heavy (non-hydrogen) atoms. The zero-order chi connectivity index (χ0) is 17.2. The minimum Gasteiger partial charge on any atom is -0.481 e. The molecular formula is C19H20N4O2. The maximum atomic E-state index is 12.5. The van der Waals surface area contributed by atoms with E-state index in [9.17, 15) is 4.79 Å². The van der Waals surface area contributed by atoms with Gasteiger partial charge in [0.25, 0.3) is 5.56 Å². The van der Waals surface area contributed by atoms with Crippen molar-refractivity contribution in [1.29, 1.82) is 0 Å². The highest BCUT2D eigenvalue weighted by atomic mass is 16.5. The Kier molecular flexibility index (Phi) is 4.09. The first-order valence-electron chi connectivity index (χ1n) is 8.53. The summed E-state index contributed by atoms with van der Waals surface area (Å²) in [5.41, 5.74) is 1.80. The van der Waals surface area contributed by atoms with Crippen LogP contribution in [0.3, 0.4) is 0 Å². The molecule has 1 saturated carbocycles. The second kappa shape index (κ2) is 6.55. The number of aromatic nitrogens is 3. The lowest BCUT2D eigenvalue weighted by Gasteiger charge is -2.17. The zero-order valence-corrected chi connectivity index (χ0v) is 14.1. The van der Waals surface area contributed by atoms with Crippen molar-refractivity contribution >= 4 is 22.4 Å². The van der Waals surface area contributed by atoms with Crippen molar-refractivity contribution in [2.75, 3.05) is 12.4 Å². The number of ether oxygens (including phenoxy) is 1. The van der Waals surface area contributed by atoms with Gasteiger partial charge in [0.2, 0.25) is 5.88 Å². The first kappa shape index (κ1) is 15.6. The second-order valence-corrected chi connectivity index (χ2v) is 6.32. The van der Waals surface area contributed by atoms with E-state index in [1.807, 2.05) is 22.8 Å². The number of pyridine rings is 3. The van der Waals surface area contributed by atoms with E-state index in [1.54, 1.807) is 31.6 Å². The quantitative estimate of drug-likeness (QED) is 0.787. The third-order valence-corrected chi connectivity index (χ3v) is 4.72. The van der Waals surface area contributed by atoms with Gasteiger partial charge in [0, 0.05) is 35.8 Å². The molecule has 3 heterocycles. The number of nitrogens with one attached hydrogen (secondary N) is 1. The molecule has 0 amide bonds. The Morgan fingerprint density at radius 2 is 1.96 bits per heavy atom. The summed E-state index contributed by atoms with van der Waals surface area (Å²) in [7, 11) is 1.59. The summed E-state index contributed by atoms with van der Waals surface area (Å²) in [4.78, 5) is 21.1. The van der Waals surface area contributed by atoms with Crippen molar-refractivity contribution in [3.63, 3.8) is 0 Å². The molecule has 4 rings (SSSR count). The van der Waals surface area contributed by atoms with E-state index in [0.717, 1.165) is 29.4 Å². The monoisotopic (exact) mass is 336 g/mol. The molecule has 128 valence electrons. The fraction of sp³-hybridized carbons (Fsp3) is 0.316. The number of nitrogens with zero attached hydrogens (tertiary/aromatic N) is 3. The largest absolute Gasteiger partial charge is 0.481 e. The van der Waals surface area contributed by atoms with Gasteiger partial charge in [-0.2, -0.15) is 0 Å². The summed E-state index contributed by atoms with van der Waals surface area (Å²) in [5.74, 6) is 1.25. The first-order valence-corrected chi connectivity index (χ1v) is 8.53. The minimum absolute atomic E-state index is 0.0580. The van der Waals surface area contributed by atoms with E-state index in [2.05, 4.69) is 15.3 Å². The molecule has 0 radical (unpaired) electrons. The zero-order valence-electron chi connectivity index (χ0n) is 14.1. The van der Waals surface area contributed by atoms with Gasteiger partial charge in [-0.15, -0.1) is 0 Å². The maximum absolute atomic E-state index is 12.5. The van der Waals surface area contributed by atoms with E-state index in [0.29, 0.717) is 11.7 Å². The van der Waals surface area contributed by atoms with Crippen molar-refractivity contribution in [3.05, 3.63) is 53.1 Å². The molecule has 0 bridgehead atoms. The van der Waals surface area contributed by atoms with Crippen LogP contribution < -0.4 is 15.6 Å². The van der Waals surface area contributed by atoms with Crippen LogP contribution in [-0.4, -0.2) is 21.6 Å². The van der Waals surface area contributed by atoms with Gasteiger partial charge in [-0.1, -0.05) is 12.8 Å². The Bertz CT molecular complexity index is 944. The van der Waals surface area contributed by atoms with E-state index in [-0.39, 0.29) is 11.6 Å². The first-order chi connectivity index (χ1) is 12.2. The average Bonchev–Trinajstić information content (AvgIpc) is 3.16. The lowest BCUT2D eigenvalue weighted by Crippen LogP contribution is -2.22. The van der Waals surface area contributed by atoms with Crippen LogP contribution in [0.25, 0.3) is 10.9 Å². The number of hydrogen-bond acceptors (Lipinski definition) is 5. The number of methoxy groups -OCH3 is 1. The Hall–Kier alpha value is -2.89. The fourth-order valence-electron chi connectivity index (χ4n) is 3.48. The van der Waals surface area contributed by atoms with Gasteiger partial charge < -0.3 is 14.6 Å². The van der Waals surface area contributed by atoms with Crippen LogP contribution in [0, 0.1) is 0 Å². The summed E-state index contributed by atoms with van der Waals surface area (Å²) in [5, 5.41) is 4.22. The lowest BCUT2D eigenvalue weighted by molar-refractivity contribution is 0.398. The highest BCUT2D eigenvalue weighted by Crippen LogP contribution is 2.31. The Labute approximate surface area is 145 Å². The molecule has 3 aromatic rings. The fourth-order valence-corrected chi connectivity index (χ4v) is 3.48. The predicted octanol–water partition coefficient (Wildman–Crippen LogP) is 3.66. The molecule has 3 aromatic heterocycles. The summed E-state index contributed by atoms with van der Waals surface area (Å²) < 4.78 is 7.00. The maximum Gasteiger partial charge on any atom is 0.251 e. The van der Waals surface area contributed by atoms with Crippen molar-refractivity contribution in [2.24, 2.45) is 0 Å². The average molecular weight is 336 g/mol. The molecule has 0 saturated heterocycles. The highest BCUT2D eigenvalue weighted by molar-refractivity contribution is 5.81. The van der Waals surface area contributed by atoms with Crippen LogP contribution in [0.1, 0.15) is 31.7 Å². The summed E-state index contributed by atoms with van der Waals surface area (Å²) in [6.45, 7) is 0. The SMILES string of the molecule is COc1ccc(Nc2cc3c(ccc(=O)n3C3CCCC3)cn2)cn1. The summed E-state index contributed by atoms with van der Waals surface area (Å²) >= 11 is 0. The van der Waals surface area contributed by atoms with Crippen molar-refractivity contribution in [2.45, 2.75) is 31.7 Å². The molecule has 0 spiro atoms. The van der Waals surface area contributed by atoms with Gasteiger partial charge in [-0.05, 0) is 25.0 Å². The molecular weight excluding hydrogens is 316 g/mol. The Balaban J connectivity index is 1.72. The smallest absolute Gasteiger partial charge is 0.251 e. The number of rotatable bonds is 4. The number of hydrogen-bond donors (Lipinski definition) is 1. The Morgan fingerprint density at radius 3 is 2.68 bits per heavy atom. The van der Waals surface area contributed by atoms with E-state index in [1.165, 1.54) is 12.8 Å². The van der Waals surface area contributed by atoms with Gasteiger partial charge in [0.1, 0.15) is 5.82 Å². The molecule has 0 unspecified atom stereocenters. The van der Waals surface area contributed by atoms with Crippen LogP contribution in [0.5, 0.6) is 5.88 Å². The number of fused-ring (bicyclic) bond motifs is 1. The molecule has 6 heteroatoms. The van der Waals surface area contributed by atoms with Crippen molar-refractivity contribution in [3.8, 4) is 5.88 Å². The molecule has 0 atom stereocenters. The predicted molar refractivity (Wildman–Crippen MR) is 97.6 cm³/mol. The van der Waals surface area contributed by atoms with Gasteiger partial charge in [0.05, 0.1) is 24.5 Å². The molecule has 1 aliphatic carbocycles. The van der Waals surface area contributed by atoms with Gasteiger partial charge >= 0.3 is 0 Å². The lowest BCUT2D eigenvalue weighted by atomic mass is 10.2. The third kappa shape index (κ3) is 3.07. The number of anilines is 2. The van der Waals surface area contributed by atoms with Crippen molar-refractivity contribution < 1.29 is 4.74 Å². The van der Waals surface area contributed by atoms with Gasteiger partial charge in [-0.25, -0.2) is 9.97 Å².